The van der Waals surface area contributed by atoms with E-state index in [2.05, 4.69) is 22.3 Å². The molecule has 1 fully saturated rings. The molecule has 13 nitrogen and oxygen atoms in total. The minimum Gasteiger partial charge on any atom is -0.480 e. The number of nitrogens with one attached hydrogen (secondary N) is 2. The first-order chi connectivity index (χ1) is 23.1. The number of aliphatic carboxylic acids is 1. The smallest absolute Gasteiger partial charge is 0.407 e. The summed E-state index contributed by atoms with van der Waals surface area (Å²) in [5.74, 6) is -3.89. The maximum absolute atomic E-state index is 15.0. The number of alkyl carbamates (subject to hydrolysis) is 1. The van der Waals surface area contributed by atoms with E-state index in [1.54, 1.807) is 30.3 Å². The van der Waals surface area contributed by atoms with Gasteiger partial charge in [-0.1, -0.05) is 89.4 Å². The van der Waals surface area contributed by atoms with Crippen LogP contribution in [0.25, 0.3) is 0 Å². The van der Waals surface area contributed by atoms with Crippen LogP contribution >= 0.6 is 46.4 Å². The molecule has 260 valence electrons. The second-order valence-corrected chi connectivity index (χ2v) is 14.4. The van der Waals surface area contributed by atoms with E-state index in [4.69, 9.17) is 51.1 Å². The number of ether oxygens (including phenoxy) is 1. The number of hydrogen-bond acceptors (Lipinski definition) is 8. The summed E-state index contributed by atoms with van der Waals surface area (Å²) in [7, 11) is -4.66. The number of carbonyl (C=O) groups excluding carboxylic acids is 3. The number of carboxylic acid groups (broad SMARTS) is 1. The van der Waals surface area contributed by atoms with Crippen LogP contribution in [0.5, 0.6) is 0 Å². The molecule has 1 saturated heterocycles. The molecule has 49 heavy (non-hydrogen) atoms. The molecule has 3 N–H and O–H groups in total. The van der Waals surface area contributed by atoms with Crippen molar-refractivity contribution in [2.24, 2.45) is 0 Å². The van der Waals surface area contributed by atoms with E-state index < -0.39 is 51.5 Å². The monoisotopic (exact) mass is 771 g/mol. The Bertz CT molecular complexity index is 1840. The summed E-state index contributed by atoms with van der Waals surface area (Å²) in [5, 5.41) is 13.0. The highest BCUT2D eigenvalue weighted by Crippen LogP contribution is 2.38. The third-order valence-electron chi connectivity index (χ3n) is 7.69. The number of carboxylic acids is 1. The van der Waals surface area contributed by atoms with Crippen molar-refractivity contribution in [1.82, 2.24) is 25.0 Å². The van der Waals surface area contributed by atoms with Gasteiger partial charge in [0.2, 0.25) is 10.0 Å². The van der Waals surface area contributed by atoms with Gasteiger partial charge in [-0.3, -0.25) is 20.0 Å². The Morgan fingerprint density at radius 3 is 2.29 bits per heavy atom. The number of hydrogen-bond donors (Lipinski definition) is 3. The van der Waals surface area contributed by atoms with Crippen LogP contribution in [0.4, 0.5) is 4.79 Å². The van der Waals surface area contributed by atoms with Gasteiger partial charge in [0.25, 0.3) is 11.8 Å². The molecular formula is C31H29Cl4N5O8S. The minimum atomic E-state index is -4.66. The number of amides is 3. The minimum absolute atomic E-state index is 0.0187. The maximum atomic E-state index is 15.0. The van der Waals surface area contributed by atoms with Crippen LogP contribution < -0.4 is 10.7 Å². The fourth-order valence-electron chi connectivity index (χ4n) is 5.33. The molecule has 2 aromatic carbocycles. The van der Waals surface area contributed by atoms with Crippen LogP contribution in [0.1, 0.15) is 29.3 Å². The number of aromatic nitrogens is 1. The first kappa shape index (κ1) is 37.9. The Labute approximate surface area is 301 Å². The molecule has 3 atom stereocenters. The molecule has 18 heteroatoms. The summed E-state index contributed by atoms with van der Waals surface area (Å²) in [6.07, 6.45) is 2.03. The highest BCUT2D eigenvalue weighted by atomic mass is 35.5. The van der Waals surface area contributed by atoms with Crippen LogP contribution in [-0.2, 0) is 30.8 Å². The van der Waals surface area contributed by atoms with E-state index in [9.17, 15) is 32.7 Å². The van der Waals surface area contributed by atoms with Gasteiger partial charge >= 0.3 is 12.1 Å². The number of hydrazine groups is 1. The molecule has 1 unspecified atom stereocenters. The number of pyridine rings is 1. The zero-order valence-corrected chi connectivity index (χ0v) is 29.4. The highest BCUT2D eigenvalue weighted by Gasteiger charge is 2.59. The summed E-state index contributed by atoms with van der Waals surface area (Å²) in [6, 6.07) is 8.61. The van der Waals surface area contributed by atoms with E-state index in [1.807, 2.05) is 0 Å². The summed E-state index contributed by atoms with van der Waals surface area (Å²) in [4.78, 5) is 57.8. The van der Waals surface area contributed by atoms with Gasteiger partial charge in [-0.2, -0.15) is 4.31 Å². The molecule has 1 aromatic heterocycles. The topological polar surface area (TPSA) is 175 Å². The molecule has 2 heterocycles. The first-order valence-electron chi connectivity index (χ1n) is 14.3. The molecule has 3 amide bonds. The van der Waals surface area contributed by atoms with Gasteiger partial charge in [0, 0.05) is 35.4 Å². The molecular weight excluding hydrogens is 744 g/mol. The quantitative estimate of drug-likeness (QED) is 0.179. The SMILES string of the molecule is C=CCOC(=O)N[C@@H]1CCN(S(=O)(=O)c2cc(Cl)cc(Cl)c2)C1(C)C(=O)N(NC(=O)c1c(Cl)cncc1Cl)[C@@H](Cc1ccccc1)C(=O)O. The summed E-state index contributed by atoms with van der Waals surface area (Å²) in [5.41, 5.74) is 0.124. The van der Waals surface area contributed by atoms with Crippen molar-refractivity contribution in [3.8, 4) is 0 Å². The second-order valence-electron chi connectivity index (χ2n) is 10.8. The van der Waals surface area contributed by atoms with Gasteiger partial charge in [0.1, 0.15) is 12.1 Å². The number of benzene rings is 2. The van der Waals surface area contributed by atoms with Crippen LogP contribution in [0.15, 0.2) is 78.5 Å². The fourth-order valence-corrected chi connectivity index (χ4v) is 8.38. The number of sulfonamides is 1. The fraction of sp³-hybridized carbons (Fsp3) is 0.258. The maximum Gasteiger partial charge on any atom is 0.407 e. The number of halogens is 4. The largest absolute Gasteiger partial charge is 0.480 e. The van der Waals surface area contributed by atoms with Crippen LogP contribution in [0.3, 0.4) is 0 Å². The third kappa shape index (κ3) is 8.28. The Morgan fingerprint density at radius 2 is 1.71 bits per heavy atom. The zero-order chi connectivity index (χ0) is 36.1. The number of carbonyl (C=O) groups is 4. The predicted octanol–water partition coefficient (Wildman–Crippen LogP) is 5.00. The van der Waals surface area contributed by atoms with E-state index in [0.29, 0.717) is 10.6 Å². The van der Waals surface area contributed by atoms with Gasteiger partial charge in [-0.25, -0.2) is 23.0 Å². The van der Waals surface area contributed by atoms with Crippen molar-refractivity contribution in [2.75, 3.05) is 13.2 Å². The van der Waals surface area contributed by atoms with Crippen molar-refractivity contribution in [3.05, 3.63) is 105 Å². The first-order valence-corrected chi connectivity index (χ1v) is 17.3. The lowest BCUT2D eigenvalue weighted by molar-refractivity contribution is -0.157. The Morgan fingerprint density at radius 1 is 1.10 bits per heavy atom. The number of rotatable bonds is 11. The second kappa shape index (κ2) is 15.7. The average molecular weight is 773 g/mol. The average Bonchev–Trinajstić information content (AvgIpc) is 3.38. The molecule has 1 aliphatic heterocycles. The number of nitrogens with zero attached hydrogens (tertiary/aromatic N) is 3. The Balaban J connectivity index is 1.90. The third-order valence-corrected chi connectivity index (χ3v) is 10.7. The molecule has 0 spiro atoms. The van der Waals surface area contributed by atoms with E-state index in [0.717, 1.165) is 28.8 Å². The van der Waals surface area contributed by atoms with Gasteiger partial charge in [0.05, 0.1) is 26.5 Å². The molecule has 1 aliphatic rings. The lowest BCUT2D eigenvalue weighted by atomic mass is 9.91. The molecule has 4 rings (SSSR count). The lowest BCUT2D eigenvalue weighted by Crippen LogP contribution is -2.69. The van der Waals surface area contributed by atoms with Crippen molar-refractivity contribution in [3.63, 3.8) is 0 Å². The molecule has 0 saturated carbocycles. The van der Waals surface area contributed by atoms with Gasteiger partial charge in [-0.05, 0) is 37.1 Å². The van der Waals surface area contributed by atoms with E-state index in [1.165, 1.54) is 19.1 Å². The highest BCUT2D eigenvalue weighted by molar-refractivity contribution is 7.89. The summed E-state index contributed by atoms with van der Waals surface area (Å²) in [6.45, 7) is 4.12. The van der Waals surface area contributed by atoms with Crippen LogP contribution in [0, 0.1) is 0 Å². The molecule has 0 aliphatic carbocycles. The normalized spacial score (nSPS) is 18.3. The summed E-state index contributed by atoms with van der Waals surface area (Å²) >= 11 is 24.7. The molecule has 3 aromatic rings. The zero-order valence-electron chi connectivity index (χ0n) is 25.6. The van der Waals surface area contributed by atoms with Gasteiger partial charge < -0.3 is 15.2 Å². The van der Waals surface area contributed by atoms with Crippen molar-refractivity contribution in [1.29, 1.82) is 0 Å². The van der Waals surface area contributed by atoms with Crippen LogP contribution in [-0.4, -0.2) is 82.5 Å². The molecule has 0 radical (unpaired) electrons. The molecule has 0 bridgehead atoms. The standard InChI is InChI=1S/C31H29Cl4N5O8S/c1-3-11-48-30(45)37-25-9-10-39(49(46,47)21-14-19(32)13-20(33)15-21)31(25,2)29(44)40(24(28(42)43)12-18-7-5-4-6-8-18)38-27(41)26-22(34)16-36-17-23(26)35/h3-8,13-17,24-25H,1,9-12H2,2H3,(H,37,45)(H,38,41)(H,42,43)/t24-,25+,31?/m0/s1. The lowest BCUT2D eigenvalue weighted by Gasteiger charge is -2.42. The van der Waals surface area contributed by atoms with Gasteiger partial charge in [0.15, 0.2) is 6.04 Å². The Kier molecular flexibility index (Phi) is 12.2. The van der Waals surface area contributed by atoms with Crippen molar-refractivity contribution in [2.45, 2.75) is 42.3 Å². The summed E-state index contributed by atoms with van der Waals surface area (Å²) < 4.78 is 34.3. The van der Waals surface area contributed by atoms with Crippen LogP contribution in [0.2, 0.25) is 20.1 Å². The van der Waals surface area contributed by atoms with E-state index >= 15 is 0 Å². The van der Waals surface area contributed by atoms with Crippen molar-refractivity contribution >= 4 is 80.3 Å². The van der Waals surface area contributed by atoms with E-state index in [-0.39, 0.29) is 56.5 Å². The van der Waals surface area contributed by atoms with Gasteiger partial charge in [-0.15, -0.1) is 0 Å². The predicted molar refractivity (Wildman–Crippen MR) is 182 cm³/mol. The Hall–Kier alpha value is -3.92. The van der Waals surface area contributed by atoms with Crippen molar-refractivity contribution < 1.29 is 37.4 Å².